The minimum absolute atomic E-state index is 0.224. The van der Waals surface area contributed by atoms with E-state index in [9.17, 15) is 0 Å². The number of nitrogens with one attached hydrogen (secondary N) is 1. The molecule has 1 aromatic rings. The van der Waals surface area contributed by atoms with Crippen LogP contribution in [0, 0.1) is 0 Å². The molecule has 0 aliphatic carbocycles. The van der Waals surface area contributed by atoms with E-state index >= 15 is 0 Å². The summed E-state index contributed by atoms with van der Waals surface area (Å²) < 4.78 is 0. The monoisotopic (exact) mass is 127 g/mol. The number of aromatic amines is 1. The van der Waals surface area contributed by atoms with Crippen LogP contribution in [0.25, 0.3) is 0 Å². The second-order valence-electron chi connectivity index (χ2n) is 1.76. The number of nitrogens with two attached hydrogens (primary N) is 1. The van der Waals surface area contributed by atoms with Gasteiger partial charge in [-0.1, -0.05) is 0 Å². The highest BCUT2D eigenvalue weighted by atomic mass is 16.3. The molecular weight excluding hydrogens is 118 g/mol. The fourth-order valence-electron chi connectivity index (χ4n) is 0.579. The first-order valence-electron chi connectivity index (χ1n) is 2.72. The van der Waals surface area contributed by atoms with E-state index in [2.05, 4.69) is 10.2 Å². The lowest BCUT2D eigenvalue weighted by Gasteiger charge is -2.01. The molecule has 0 spiro atoms. The smallest absolute Gasteiger partial charge is 0.108 e. The highest BCUT2D eigenvalue weighted by molar-refractivity contribution is 5.01. The predicted molar refractivity (Wildman–Crippen MR) is 32.6 cm³/mol. The summed E-state index contributed by atoms with van der Waals surface area (Å²) in [4.78, 5) is 0. The summed E-state index contributed by atoms with van der Waals surface area (Å²) in [6.07, 6.45) is 0.973. The minimum Gasteiger partial charge on any atom is -0.385 e. The molecule has 0 radical (unpaired) electrons. The Bertz CT molecular complexity index is 161. The Morgan fingerprint density at radius 3 is 3.11 bits per heavy atom. The number of nitrogens with zero attached hydrogens (tertiary/aromatic N) is 1. The maximum Gasteiger partial charge on any atom is 0.108 e. The van der Waals surface area contributed by atoms with Gasteiger partial charge in [-0.3, -0.25) is 5.10 Å². The standard InChI is InChI=1S/C5H9N3O/c6-3-5(9)4-1-2-7-8-4/h1-2,5,9H,3,6H2,(H,7,8). The average Bonchev–Trinajstić information content (AvgIpc) is 2.37. The van der Waals surface area contributed by atoms with E-state index in [1.165, 1.54) is 0 Å². The van der Waals surface area contributed by atoms with Crippen LogP contribution in [0.15, 0.2) is 12.3 Å². The minimum atomic E-state index is -0.604. The maximum absolute atomic E-state index is 9.02. The molecule has 0 fully saturated rings. The Labute approximate surface area is 52.7 Å². The molecule has 1 heterocycles. The van der Waals surface area contributed by atoms with E-state index in [1.54, 1.807) is 12.3 Å². The molecule has 0 aliphatic rings. The lowest BCUT2D eigenvalue weighted by Crippen LogP contribution is -2.11. The quantitative estimate of drug-likeness (QED) is 0.496. The van der Waals surface area contributed by atoms with Gasteiger partial charge in [0.2, 0.25) is 0 Å². The van der Waals surface area contributed by atoms with Crippen LogP contribution in [0.4, 0.5) is 0 Å². The third-order valence-corrected chi connectivity index (χ3v) is 1.10. The summed E-state index contributed by atoms with van der Waals surface area (Å²) >= 11 is 0. The molecule has 0 aliphatic heterocycles. The topological polar surface area (TPSA) is 74.9 Å². The fraction of sp³-hybridized carbons (Fsp3) is 0.400. The molecule has 0 bridgehead atoms. The number of rotatable bonds is 2. The number of aliphatic hydroxyl groups excluding tert-OH is 1. The van der Waals surface area contributed by atoms with Crippen LogP contribution in [0.3, 0.4) is 0 Å². The molecule has 4 nitrogen and oxygen atoms in total. The molecule has 4 heteroatoms. The van der Waals surface area contributed by atoms with Gasteiger partial charge < -0.3 is 10.8 Å². The van der Waals surface area contributed by atoms with Crippen molar-refractivity contribution < 1.29 is 5.11 Å². The number of aliphatic hydroxyl groups is 1. The molecule has 9 heavy (non-hydrogen) atoms. The van der Waals surface area contributed by atoms with E-state index in [1.807, 2.05) is 0 Å². The van der Waals surface area contributed by atoms with Gasteiger partial charge in [0, 0.05) is 12.7 Å². The van der Waals surface area contributed by atoms with E-state index in [4.69, 9.17) is 10.8 Å². The SMILES string of the molecule is NCC(O)c1ccn[nH]1. The summed E-state index contributed by atoms with van der Waals surface area (Å²) in [6, 6.07) is 1.69. The normalized spacial score (nSPS) is 13.6. The first kappa shape index (κ1) is 6.25. The molecule has 1 unspecified atom stereocenters. The van der Waals surface area contributed by atoms with Gasteiger partial charge in [0.25, 0.3) is 0 Å². The third kappa shape index (κ3) is 1.28. The molecule has 0 aromatic carbocycles. The highest BCUT2D eigenvalue weighted by Crippen LogP contribution is 2.04. The van der Waals surface area contributed by atoms with E-state index in [0.717, 1.165) is 0 Å². The van der Waals surface area contributed by atoms with Crippen molar-refractivity contribution >= 4 is 0 Å². The van der Waals surface area contributed by atoms with E-state index in [0.29, 0.717) is 5.69 Å². The van der Waals surface area contributed by atoms with Crippen LogP contribution in [0.1, 0.15) is 11.8 Å². The van der Waals surface area contributed by atoms with Crippen LogP contribution in [-0.2, 0) is 0 Å². The Morgan fingerprint density at radius 1 is 1.89 bits per heavy atom. The molecular formula is C5H9N3O. The molecule has 50 valence electrons. The van der Waals surface area contributed by atoms with Crippen LogP contribution in [0.2, 0.25) is 0 Å². The van der Waals surface area contributed by atoms with Crippen molar-refractivity contribution in [3.63, 3.8) is 0 Å². The Morgan fingerprint density at radius 2 is 2.67 bits per heavy atom. The summed E-state index contributed by atoms with van der Waals surface area (Å²) in [6.45, 7) is 0.224. The Hall–Kier alpha value is -0.870. The summed E-state index contributed by atoms with van der Waals surface area (Å²) in [5.41, 5.74) is 5.83. The van der Waals surface area contributed by atoms with Crippen molar-refractivity contribution in [3.05, 3.63) is 18.0 Å². The van der Waals surface area contributed by atoms with Crippen molar-refractivity contribution in [1.29, 1.82) is 0 Å². The van der Waals surface area contributed by atoms with E-state index < -0.39 is 6.10 Å². The van der Waals surface area contributed by atoms with Gasteiger partial charge in [-0.15, -0.1) is 0 Å². The zero-order chi connectivity index (χ0) is 6.69. The Balaban J connectivity index is 2.65. The molecule has 0 saturated heterocycles. The molecule has 0 amide bonds. The van der Waals surface area contributed by atoms with Crippen molar-refractivity contribution in [2.24, 2.45) is 5.73 Å². The van der Waals surface area contributed by atoms with Gasteiger partial charge in [-0.05, 0) is 6.07 Å². The number of hydrogen-bond acceptors (Lipinski definition) is 3. The van der Waals surface area contributed by atoms with Crippen LogP contribution >= 0.6 is 0 Å². The predicted octanol–water partition coefficient (Wildman–Crippen LogP) is -0.598. The lowest BCUT2D eigenvalue weighted by molar-refractivity contribution is 0.182. The third-order valence-electron chi connectivity index (χ3n) is 1.10. The summed E-state index contributed by atoms with van der Waals surface area (Å²) in [5.74, 6) is 0. The number of hydrogen-bond donors (Lipinski definition) is 3. The zero-order valence-electron chi connectivity index (χ0n) is 4.91. The van der Waals surface area contributed by atoms with Crippen molar-refractivity contribution in [1.82, 2.24) is 10.2 Å². The molecule has 1 aromatic heterocycles. The lowest BCUT2D eigenvalue weighted by atomic mass is 10.3. The van der Waals surface area contributed by atoms with Gasteiger partial charge in [-0.25, -0.2) is 0 Å². The van der Waals surface area contributed by atoms with Crippen LogP contribution in [-0.4, -0.2) is 21.8 Å². The second kappa shape index (κ2) is 2.61. The Kier molecular flexibility index (Phi) is 1.81. The first-order chi connectivity index (χ1) is 4.34. The van der Waals surface area contributed by atoms with E-state index in [-0.39, 0.29) is 6.54 Å². The largest absolute Gasteiger partial charge is 0.385 e. The van der Waals surface area contributed by atoms with Crippen LogP contribution in [0.5, 0.6) is 0 Å². The number of H-pyrrole nitrogens is 1. The van der Waals surface area contributed by atoms with Gasteiger partial charge in [0.1, 0.15) is 6.10 Å². The molecule has 1 rings (SSSR count). The van der Waals surface area contributed by atoms with Gasteiger partial charge >= 0.3 is 0 Å². The molecule has 0 saturated carbocycles. The van der Waals surface area contributed by atoms with Gasteiger partial charge in [0.15, 0.2) is 0 Å². The number of aromatic nitrogens is 2. The maximum atomic E-state index is 9.02. The molecule has 1 atom stereocenters. The summed E-state index contributed by atoms with van der Waals surface area (Å²) in [5, 5.41) is 15.3. The first-order valence-corrected chi connectivity index (χ1v) is 2.72. The van der Waals surface area contributed by atoms with Gasteiger partial charge in [-0.2, -0.15) is 5.10 Å². The zero-order valence-corrected chi connectivity index (χ0v) is 4.91. The van der Waals surface area contributed by atoms with Crippen molar-refractivity contribution in [3.8, 4) is 0 Å². The average molecular weight is 127 g/mol. The van der Waals surface area contributed by atoms with Crippen LogP contribution < -0.4 is 5.73 Å². The van der Waals surface area contributed by atoms with Gasteiger partial charge in [0.05, 0.1) is 5.69 Å². The molecule has 4 N–H and O–H groups in total. The highest BCUT2D eigenvalue weighted by Gasteiger charge is 2.03. The van der Waals surface area contributed by atoms with Crippen molar-refractivity contribution in [2.75, 3.05) is 6.54 Å². The fourth-order valence-corrected chi connectivity index (χ4v) is 0.579. The van der Waals surface area contributed by atoms with Crippen molar-refractivity contribution in [2.45, 2.75) is 6.10 Å². The second-order valence-corrected chi connectivity index (χ2v) is 1.76. The summed E-state index contributed by atoms with van der Waals surface area (Å²) in [7, 11) is 0.